The van der Waals surface area contributed by atoms with Gasteiger partial charge in [0.05, 0.1) is 6.61 Å². The molecule has 0 bridgehead atoms. The van der Waals surface area contributed by atoms with Gasteiger partial charge in [-0.05, 0) is 11.5 Å². The average Bonchev–Trinajstić information content (AvgIpc) is 2.61. The van der Waals surface area contributed by atoms with Crippen LogP contribution in [0.2, 0.25) is 0 Å². The molecule has 96 valence electrons. The van der Waals surface area contributed by atoms with Gasteiger partial charge < -0.3 is 14.6 Å². The zero-order valence-corrected chi connectivity index (χ0v) is 11.4. The molecule has 17 heavy (non-hydrogen) atoms. The van der Waals surface area contributed by atoms with Crippen molar-refractivity contribution in [3.63, 3.8) is 0 Å². The minimum Gasteiger partial charge on any atom is -0.489 e. The standard InChI is InChI=1S/C12H18O4S/c1-12(2,3)9-7-8(16-6-5-15-4)10(17-9)11(13)14/h7H,5-6H2,1-4H3,(H,13,14). The summed E-state index contributed by atoms with van der Waals surface area (Å²) in [7, 11) is 1.58. The monoisotopic (exact) mass is 258 g/mol. The van der Waals surface area contributed by atoms with E-state index in [0.29, 0.717) is 19.0 Å². The lowest BCUT2D eigenvalue weighted by Crippen LogP contribution is -2.08. The first kappa shape index (κ1) is 14.0. The lowest BCUT2D eigenvalue weighted by atomic mass is 9.95. The SMILES string of the molecule is COCCOc1cc(C(C)(C)C)sc1C(=O)O. The van der Waals surface area contributed by atoms with E-state index in [-0.39, 0.29) is 10.3 Å². The van der Waals surface area contributed by atoms with Crippen LogP contribution in [0.5, 0.6) is 5.75 Å². The summed E-state index contributed by atoms with van der Waals surface area (Å²) in [6, 6.07) is 1.81. The number of hydrogen-bond donors (Lipinski definition) is 1. The van der Waals surface area contributed by atoms with Crippen molar-refractivity contribution in [1.29, 1.82) is 0 Å². The summed E-state index contributed by atoms with van der Waals surface area (Å²) in [5.74, 6) is -0.512. The lowest BCUT2D eigenvalue weighted by molar-refractivity contribution is 0.0695. The smallest absolute Gasteiger partial charge is 0.349 e. The van der Waals surface area contributed by atoms with E-state index in [0.717, 1.165) is 4.88 Å². The second-order valence-corrected chi connectivity index (χ2v) is 5.75. The Morgan fingerprint density at radius 3 is 2.53 bits per heavy atom. The summed E-state index contributed by atoms with van der Waals surface area (Å²) in [6.07, 6.45) is 0. The highest BCUT2D eigenvalue weighted by atomic mass is 32.1. The van der Waals surface area contributed by atoms with Crippen molar-refractivity contribution in [2.24, 2.45) is 0 Å². The molecule has 0 saturated heterocycles. The number of rotatable bonds is 5. The molecular weight excluding hydrogens is 240 g/mol. The van der Waals surface area contributed by atoms with Crippen LogP contribution in [-0.2, 0) is 10.2 Å². The van der Waals surface area contributed by atoms with E-state index in [1.54, 1.807) is 7.11 Å². The molecule has 1 N–H and O–H groups in total. The van der Waals surface area contributed by atoms with Crippen molar-refractivity contribution in [2.45, 2.75) is 26.2 Å². The number of carbonyl (C=O) groups is 1. The van der Waals surface area contributed by atoms with Gasteiger partial charge in [-0.1, -0.05) is 20.8 Å². The lowest BCUT2D eigenvalue weighted by Gasteiger charge is -2.14. The molecule has 0 spiro atoms. The summed E-state index contributed by atoms with van der Waals surface area (Å²) in [6.45, 7) is 6.94. The first-order chi connectivity index (χ1) is 7.86. The number of methoxy groups -OCH3 is 1. The second-order valence-electron chi connectivity index (χ2n) is 4.70. The fourth-order valence-electron chi connectivity index (χ4n) is 1.24. The van der Waals surface area contributed by atoms with Crippen molar-refractivity contribution in [1.82, 2.24) is 0 Å². The molecule has 1 aromatic rings. The Morgan fingerprint density at radius 2 is 2.06 bits per heavy atom. The Balaban J connectivity index is 2.94. The number of aromatic carboxylic acids is 1. The third-order valence-electron chi connectivity index (χ3n) is 2.18. The Morgan fingerprint density at radius 1 is 1.41 bits per heavy atom. The summed E-state index contributed by atoms with van der Waals surface area (Å²) in [5.41, 5.74) is -0.0717. The number of ether oxygens (including phenoxy) is 2. The largest absolute Gasteiger partial charge is 0.489 e. The first-order valence-corrected chi connectivity index (χ1v) is 6.17. The molecule has 0 aliphatic rings. The molecule has 0 aliphatic carbocycles. The fraction of sp³-hybridized carbons (Fsp3) is 0.583. The van der Waals surface area contributed by atoms with Crippen LogP contribution in [-0.4, -0.2) is 31.4 Å². The van der Waals surface area contributed by atoms with Gasteiger partial charge in [-0.3, -0.25) is 0 Å². The summed E-state index contributed by atoms with van der Waals surface area (Å²) < 4.78 is 10.3. The molecule has 4 nitrogen and oxygen atoms in total. The molecule has 0 fully saturated rings. The molecule has 1 aromatic heterocycles. The summed E-state index contributed by atoms with van der Waals surface area (Å²) in [4.78, 5) is 12.4. The van der Waals surface area contributed by atoms with Crippen molar-refractivity contribution in [2.75, 3.05) is 20.3 Å². The maximum absolute atomic E-state index is 11.1. The maximum Gasteiger partial charge on any atom is 0.349 e. The number of hydrogen-bond acceptors (Lipinski definition) is 4. The van der Waals surface area contributed by atoms with Gasteiger partial charge in [0.1, 0.15) is 12.4 Å². The zero-order chi connectivity index (χ0) is 13.1. The molecule has 0 amide bonds. The minimum atomic E-state index is -0.946. The van der Waals surface area contributed by atoms with Gasteiger partial charge in [-0.2, -0.15) is 0 Å². The summed E-state index contributed by atoms with van der Waals surface area (Å²) >= 11 is 1.27. The van der Waals surface area contributed by atoms with Gasteiger partial charge in [0.25, 0.3) is 0 Å². The predicted molar refractivity (Wildman–Crippen MR) is 67.3 cm³/mol. The number of carboxylic acids is 1. The van der Waals surface area contributed by atoms with Crippen LogP contribution < -0.4 is 4.74 Å². The molecular formula is C12H18O4S. The molecule has 0 unspecified atom stereocenters. The normalized spacial score (nSPS) is 11.5. The second kappa shape index (κ2) is 5.51. The van der Waals surface area contributed by atoms with Crippen LogP contribution in [0.4, 0.5) is 0 Å². The third kappa shape index (κ3) is 3.71. The van der Waals surface area contributed by atoms with Gasteiger partial charge >= 0.3 is 5.97 Å². The van der Waals surface area contributed by atoms with E-state index in [1.807, 2.05) is 26.8 Å². The Hall–Kier alpha value is -1.07. The Bertz CT molecular complexity index is 390. The van der Waals surface area contributed by atoms with Gasteiger partial charge in [-0.15, -0.1) is 11.3 Å². The minimum absolute atomic E-state index is 0.0717. The van der Waals surface area contributed by atoms with E-state index in [9.17, 15) is 4.79 Å². The van der Waals surface area contributed by atoms with Crippen molar-refractivity contribution < 1.29 is 19.4 Å². The molecule has 0 aromatic carbocycles. The van der Waals surface area contributed by atoms with Crippen molar-refractivity contribution in [3.8, 4) is 5.75 Å². The van der Waals surface area contributed by atoms with E-state index in [2.05, 4.69) is 0 Å². The third-order valence-corrected chi connectivity index (χ3v) is 3.71. The molecule has 5 heteroatoms. The highest BCUT2D eigenvalue weighted by Crippen LogP contribution is 2.36. The van der Waals surface area contributed by atoms with Crippen LogP contribution in [0.15, 0.2) is 6.07 Å². The highest BCUT2D eigenvalue weighted by Gasteiger charge is 2.23. The average molecular weight is 258 g/mol. The number of carboxylic acid groups (broad SMARTS) is 1. The summed E-state index contributed by atoms with van der Waals surface area (Å²) in [5, 5.41) is 9.10. The van der Waals surface area contributed by atoms with Crippen LogP contribution in [0.25, 0.3) is 0 Å². The molecule has 0 radical (unpaired) electrons. The Labute approximate surface area is 105 Å². The van der Waals surface area contributed by atoms with Gasteiger partial charge in [-0.25, -0.2) is 4.79 Å². The van der Waals surface area contributed by atoms with Gasteiger partial charge in [0, 0.05) is 12.0 Å². The quantitative estimate of drug-likeness (QED) is 0.825. The molecule has 0 atom stereocenters. The molecule has 1 heterocycles. The van der Waals surface area contributed by atoms with Gasteiger partial charge in [0.2, 0.25) is 0 Å². The predicted octanol–water partition coefficient (Wildman–Crippen LogP) is 2.77. The molecule has 0 saturated carbocycles. The van der Waals surface area contributed by atoms with Crippen LogP contribution in [0, 0.1) is 0 Å². The van der Waals surface area contributed by atoms with Crippen molar-refractivity contribution >= 4 is 17.3 Å². The topological polar surface area (TPSA) is 55.8 Å². The van der Waals surface area contributed by atoms with E-state index in [1.165, 1.54) is 11.3 Å². The van der Waals surface area contributed by atoms with Crippen LogP contribution >= 0.6 is 11.3 Å². The van der Waals surface area contributed by atoms with Crippen LogP contribution in [0.1, 0.15) is 35.3 Å². The Kier molecular flexibility index (Phi) is 4.54. The van der Waals surface area contributed by atoms with Gasteiger partial charge in [0.15, 0.2) is 4.88 Å². The van der Waals surface area contributed by atoms with E-state index >= 15 is 0 Å². The molecule has 0 aliphatic heterocycles. The first-order valence-electron chi connectivity index (χ1n) is 5.35. The molecule has 1 rings (SSSR count). The van der Waals surface area contributed by atoms with Crippen molar-refractivity contribution in [3.05, 3.63) is 15.8 Å². The van der Waals surface area contributed by atoms with Crippen LogP contribution in [0.3, 0.4) is 0 Å². The number of thiophene rings is 1. The van der Waals surface area contributed by atoms with E-state index in [4.69, 9.17) is 14.6 Å². The maximum atomic E-state index is 11.1. The highest BCUT2D eigenvalue weighted by molar-refractivity contribution is 7.14. The zero-order valence-electron chi connectivity index (χ0n) is 10.6. The van der Waals surface area contributed by atoms with E-state index < -0.39 is 5.97 Å². The fourth-order valence-corrected chi connectivity index (χ4v) is 2.23.